The Kier molecular flexibility index (Phi) is 7.50. The molecule has 0 atom stereocenters. The predicted molar refractivity (Wildman–Crippen MR) is 68.8 cm³/mol. The fourth-order valence-corrected chi connectivity index (χ4v) is 6.57. The zero-order valence-corrected chi connectivity index (χ0v) is 12.1. The van der Waals surface area contributed by atoms with E-state index in [0.717, 1.165) is 15.9 Å². The van der Waals surface area contributed by atoms with Gasteiger partial charge in [-0.15, -0.1) is 5.70 Å². The van der Waals surface area contributed by atoms with Gasteiger partial charge in [0.1, 0.15) is 0 Å². The van der Waals surface area contributed by atoms with E-state index in [9.17, 15) is 0 Å². The lowest BCUT2D eigenvalue weighted by Gasteiger charge is -2.21. The maximum atomic E-state index is 8.79. The minimum Gasteiger partial charge on any atom is -0.396 e. The van der Waals surface area contributed by atoms with E-state index in [-0.39, 0.29) is 0 Å². The molecule has 0 aliphatic heterocycles. The van der Waals surface area contributed by atoms with Gasteiger partial charge in [0.15, 0.2) is 0 Å². The number of aliphatic hydroxyl groups is 1. The third-order valence-corrected chi connectivity index (χ3v) is 7.48. The molecule has 14 heavy (non-hydrogen) atoms. The van der Waals surface area contributed by atoms with E-state index in [2.05, 4.69) is 32.6 Å². The monoisotopic (exact) mass is 228 g/mol. The summed E-state index contributed by atoms with van der Waals surface area (Å²) < 4.78 is 0. The number of rotatable bonds is 7. The van der Waals surface area contributed by atoms with Crippen LogP contribution in [0.25, 0.3) is 0 Å². The molecule has 0 aromatic carbocycles. The Bertz CT molecular complexity index is 172. The first-order chi connectivity index (χ1) is 6.48. The van der Waals surface area contributed by atoms with Gasteiger partial charge in [-0.05, 0) is 20.3 Å². The molecule has 2 radical (unpaired) electrons. The van der Waals surface area contributed by atoms with Crippen molar-refractivity contribution in [3.8, 4) is 0 Å². The first kappa shape index (κ1) is 14.1. The van der Waals surface area contributed by atoms with Crippen LogP contribution >= 0.6 is 0 Å². The van der Waals surface area contributed by atoms with Crippen LogP contribution in [0.15, 0.2) is 11.3 Å². The highest BCUT2D eigenvalue weighted by molar-refractivity contribution is 6.78. The quantitative estimate of drug-likeness (QED) is 0.524. The van der Waals surface area contributed by atoms with Gasteiger partial charge in [-0.1, -0.05) is 36.8 Å². The fraction of sp³-hybridized carbons (Fsp3) is 0.818. The first-order valence-electron chi connectivity index (χ1n) is 5.45. The smallest absolute Gasteiger partial charge is 0.0699 e. The van der Waals surface area contributed by atoms with E-state index in [0.29, 0.717) is 6.61 Å². The molecule has 0 aromatic heterocycles. The summed E-state index contributed by atoms with van der Waals surface area (Å²) in [7, 11) is 0.0228. The molecule has 0 unspecified atom stereocenters. The van der Waals surface area contributed by atoms with Gasteiger partial charge in [0.25, 0.3) is 0 Å². The maximum Gasteiger partial charge on any atom is 0.0699 e. The second kappa shape index (κ2) is 7.43. The van der Waals surface area contributed by atoms with Crippen LogP contribution in [0.4, 0.5) is 0 Å². The van der Waals surface area contributed by atoms with Crippen LogP contribution in [0.5, 0.6) is 0 Å². The van der Waals surface area contributed by atoms with Gasteiger partial charge in [-0.2, -0.15) is 0 Å². The van der Waals surface area contributed by atoms with E-state index >= 15 is 0 Å². The van der Waals surface area contributed by atoms with Crippen molar-refractivity contribution in [2.45, 2.75) is 51.5 Å². The number of aliphatic hydroxyl groups excluding tert-OH is 1. The summed E-state index contributed by atoms with van der Waals surface area (Å²) in [6.07, 6.45) is 1.00. The lowest BCUT2D eigenvalue weighted by atomic mass is 10.4. The van der Waals surface area contributed by atoms with E-state index in [4.69, 9.17) is 5.11 Å². The van der Waals surface area contributed by atoms with Gasteiger partial charge >= 0.3 is 0 Å². The Labute approximate surface area is 92.4 Å². The van der Waals surface area contributed by atoms with Crippen LogP contribution < -0.4 is 0 Å². The van der Waals surface area contributed by atoms with Crippen LogP contribution in [0, 0.1) is 0 Å². The molecule has 82 valence electrons. The summed E-state index contributed by atoms with van der Waals surface area (Å²) in [6, 6.07) is 4.05. The summed E-state index contributed by atoms with van der Waals surface area (Å²) in [5, 5.41) is 8.79. The summed E-state index contributed by atoms with van der Waals surface area (Å²) in [6.45, 7) is 9.58. The molecule has 0 bridgehead atoms. The van der Waals surface area contributed by atoms with Crippen molar-refractivity contribution in [1.29, 1.82) is 0 Å². The normalized spacial score (nSPS) is 11.5. The molecular formula is C11H24OSi2. The van der Waals surface area contributed by atoms with E-state index < -0.39 is 8.07 Å². The van der Waals surface area contributed by atoms with Gasteiger partial charge in [0.05, 0.1) is 9.52 Å². The summed E-state index contributed by atoms with van der Waals surface area (Å²) in [5.74, 6) is 0. The van der Waals surface area contributed by atoms with Gasteiger partial charge in [0.2, 0.25) is 0 Å². The zero-order valence-electron chi connectivity index (χ0n) is 10.1. The molecule has 0 aliphatic rings. The lowest BCUT2D eigenvalue weighted by molar-refractivity contribution is 0.294. The Morgan fingerprint density at radius 2 is 1.93 bits per heavy atom. The summed E-state index contributed by atoms with van der Waals surface area (Å²) in [5.41, 5.74) is 3.80. The van der Waals surface area contributed by atoms with Crippen LogP contribution in [0.1, 0.15) is 20.3 Å². The molecule has 3 heteroatoms. The summed E-state index contributed by atoms with van der Waals surface area (Å²) >= 11 is 0. The van der Waals surface area contributed by atoms with Crippen molar-refractivity contribution in [2.24, 2.45) is 0 Å². The molecular weight excluding hydrogens is 204 g/mol. The van der Waals surface area contributed by atoms with Crippen molar-refractivity contribution in [3.63, 3.8) is 0 Å². The Balaban J connectivity index is 3.59. The van der Waals surface area contributed by atoms with Crippen LogP contribution in [-0.4, -0.2) is 29.3 Å². The van der Waals surface area contributed by atoms with E-state index in [1.54, 1.807) is 0 Å². The molecule has 0 fully saturated rings. The molecule has 0 saturated heterocycles. The van der Waals surface area contributed by atoms with Crippen molar-refractivity contribution in [2.75, 3.05) is 6.61 Å². The van der Waals surface area contributed by atoms with Gasteiger partial charge in [0, 0.05) is 14.7 Å². The maximum absolute atomic E-state index is 8.79. The van der Waals surface area contributed by atoms with E-state index in [1.165, 1.54) is 23.7 Å². The lowest BCUT2D eigenvalue weighted by Crippen LogP contribution is -2.25. The Hall–Kier alpha value is 0.134. The highest BCUT2D eigenvalue weighted by atomic mass is 28.3. The standard InChI is InChI=1S/C11H24OSi2/c1-11(2)10-13-7-9-14(3,4)8-5-6-12/h10,12H,5-9H2,1-4H3. The second-order valence-electron chi connectivity index (χ2n) is 4.92. The molecule has 1 N–H and O–H groups in total. The molecule has 0 heterocycles. The Morgan fingerprint density at radius 1 is 1.29 bits per heavy atom. The average Bonchev–Trinajstić information content (AvgIpc) is 2.09. The van der Waals surface area contributed by atoms with Crippen molar-refractivity contribution < 1.29 is 5.11 Å². The largest absolute Gasteiger partial charge is 0.396 e. The minimum absolute atomic E-state index is 0.368. The Morgan fingerprint density at radius 3 is 2.43 bits per heavy atom. The van der Waals surface area contributed by atoms with Crippen molar-refractivity contribution in [3.05, 3.63) is 11.3 Å². The molecule has 0 amide bonds. The molecule has 1 nitrogen and oxygen atoms in total. The number of hydrogen-bond donors (Lipinski definition) is 1. The number of hydrogen-bond acceptors (Lipinski definition) is 1. The van der Waals surface area contributed by atoms with Crippen LogP contribution in [-0.2, 0) is 0 Å². The average molecular weight is 228 g/mol. The third kappa shape index (κ3) is 8.72. The van der Waals surface area contributed by atoms with Crippen molar-refractivity contribution in [1.82, 2.24) is 0 Å². The highest BCUT2D eigenvalue weighted by Crippen LogP contribution is 2.19. The van der Waals surface area contributed by atoms with Crippen LogP contribution in [0.3, 0.4) is 0 Å². The fourth-order valence-electron chi connectivity index (χ4n) is 1.37. The summed E-state index contributed by atoms with van der Waals surface area (Å²) in [4.78, 5) is 0. The van der Waals surface area contributed by atoms with Gasteiger partial charge < -0.3 is 5.11 Å². The molecule has 0 aliphatic carbocycles. The highest BCUT2D eigenvalue weighted by Gasteiger charge is 2.18. The topological polar surface area (TPSA) is 20.2 Å². The van der Waals surface area contributed by atoms with E-state index in [1.807, 2.05) is 0 Å². The van der Waals surface area contributed by atoms with Gasteiger partial charge in [-0.3, -0.25) is 0 Å². The zero-order chi connectivity index (χ0) is 11.0. The first-order valence-corrected chi connectivity index (χ1v) is 10.2. The van der Waals surface area contributed by atoms with Crippen LogP contribution in [0.2, 0.25) is 31.2 Å². The second-order valence-corrected chi connectivity index (χ2v) is 11.4. The van der Waals surface area contributed by atoms with Crippen molar-refractivity contribution >= 4 is 17.6 Å². The molecule has 0 aromatic rings. The molecule has 0 rings (SSSR count). The molecule has 0 saturated carbocycles. The number of allylic oxidation sites excluding steroid dienone is 1. The third-order valence-electron chi connectivity index (χ3n) is 2.35. The minimum atomic E-state index is -0.979. The SMILES string of the molecule is CC(C)=C[Si]CC[Si](C)(C)CCCO. The predicted octanol–water partition coefficient (Wildman–Crippen LogP) is 3.12. The molecule has 0 spiro atoms. The van der Waals surface area contributed by atoms with Gasteiger partial charge in [-0.25, -0.2) is 0 Å².